The zero-order valence-electron chi connectivity index (χ0n) is 9.02. The quantitative estimate of drug-likeness (QED) is 0.715. The zero-order valence-corrected chi connectivity index (χ0v) is 9.02. The van der Waals surface area contributed by atoms with E-state index in [1.54, 1.807) is 6.08 Å². The first-order valence-corrected chi connectivity index (χ1v) is 4.91. The van der Waals surface area contributed by atoms with Crippen molar-refractivity contribution in [1.82, 2.24) is 4.90 Å². The van der Waals surface area contributed by atoms with Gasteiger partial charge in [-0.3, -0.25) is 4.79 Å². The Morgan fingerprint density at radius 1 is 1.44 bits per heavy atom. The molecule has 1 N–H and O–H groups in total. The third kappa shape index (κ3) is 2.62. The number of carboxylic acid groups (broad SMARTS) is 1. The number of ether oxygens (including phenoxy) is 1. The Balaban J connectivity index is 2.44. The predicted molar refractivity (Wildman–Crippen MR) is 58.0 cm³/mol. The van der Waals surface area contributed by atoms with Crippen molar-refractivity contribution >= 4 is 12.1 Å². The Kier molecular flexibility index (Phi) is 3.71. The Morgan fingerprint density at radius 2 is 2.06 bits per heavy atom. The second-order valence-corrected chi connectivity index (χ2v) is 3.86. The predicted octanol–water partition coefficient (Wildman–Crippen LogP) is 1.27. The number of hydrogen-bond donors (Lipinski definition) is 1. The molecular formula is C11H15NO4. The van der Waals surface area contributed by atoms with Crippen molar-refractivity contribution in [2.45, 2.75) is 6.42 Å². The summed E-state index contributed by atoms with van der Waals surface area (Å²) in [5.74, 6) is -0.890. The van der Waals surface area contributed by atoms with E-state index in [-0.39, 0.29) is 13.0 Å². The molecule has 0 radical (unpaired) electrons. The molecule has 1 aliphatic rings. The molecule has 1 heterocycles. The molecule has 5 nitrogen and oxygen atoms in total. The summed E-state index contributed by atoms with van der Waals surface area (Å²) in [6.45, 7) is 7.89. The first kappa shape index (κ1) is 12.3. The van der Waals surface area contributed by atoms with E-state index in [1.165, 1.54) is 11.0 Å². The fraction of sp³-hybridized carbons (Fsp3) is 0.455. The van der Waals surface area contributed by atoms with Crippen LogP contribution in [0.1, 0.15) is 6.42 Å². The van der Waals surface area contributed by atoms with Crippen LogP contribution in [0.3, 0.4) is 0 Å². The molecule has 0 spiro atoms. The molecule has 1 saturated heterocycles. The van der Waals surface area contributed by atoms with E-state index < -0.39 is 17.5 Å². The van der Waals surface area contributed by atoms with Gasteiger partial charge in [-0.15, -0.1) is 6.58 Å². The van der Waals surface area contributed by atoms with Gasteiger partial charge >= 0.3 is 12.1 Å². The van der Waals surface area contributed by atoms with Gasteiger partial charge in [-0.1, -0.05) is 18.7 Å². The minimum absolute atomic E-state index is 0.0122. The van der Waals surface area contributed by atoms with Crippen molar-refractivity contribution in [3.63, 3.8) is 0 Å². The lowest BCUT2D eigenvalue weighted by Gasteiger charge is -2.46. The van der Waals surface area contributed by atoms with E-state index in [0.717, 1.165) is 0 Å². The normalized spacial score (nSPS) is 17.1. The first-order valence-electron chi connectivity index (χ1n) is 4.91. The maximum Gasteiger partial charge on any atom is 0.410 e. The summed E-state index contributed by atoms with van der Waals surface area (Å²) in [6.07, 6.45) is 2.62. The molecule has 0 aromatic heterocycles. The molecule has 5 heteroatoms. The van der Waals surface area contributed by atoms with Gasteiger partial charge in [0.05, 0.1) is 6.42 Å². The largest absolute Gasteiger partial charge is 0.481 e. The Hall–Kier alpha value is -1.78. The van der Waals surface area contributed by atoms with Crippen LogP contribution in [0.5, 0.6) is 0 Å². The molecule has 1 fully saturated rings. The lowest BCUT2D eigenvalue weighted by molar-refractivity contribution is -0.141. The van der Waals surface area contributed by atoms with Gasteiger partial charge in [0.15, 0.2) is 0 Å². The number of rotatable bonds is 5. The van der Waals surface area contributed by atoms with Crippen LogP contribution in [-0.2, 0) is 9.53 Å². The molecule has 0 aliphatic carbocycles. The van der Waals surface area contributed by atoms with Crippen molar-refractivity contribution < 1.29 is 19.4 Å². The average molecular weight is 225 g/mol. The lowest BCUT2D eigenvalue weighted by Crippen LogP contribution is -2.58. The summed E-state index contributed by atoms with van der Waals surface area (Å²) in [6, 6.07) is 0. The summed E-state index contributed by atoms with van der Waals surface area (Å²) < 4.78 is 4.83. The topological polar surface area (TPSA) is 66.8 Å². The highest BCUT2D eigenvalue weighted by Crippen LogP contribution is 2.35. The molecule has 88 valence electrons. The number of hydrogen-bond acceptors (Lipinski definition) is 3. The van der Waals surface area contributed by atoms with E-state index in [1.807, 2.05) is 0 Å². The third-order valence-electron chi connectivity index (χ3n) is 2.53. The fourth-order valence-corrected chi connectivity index (χ4v) is 1.68. The molecule has 0 atom stereocenters. The maximum absolute atomic E-state index is 11.3. The van der Waals surface area contributed by atoms with Crippen LogP contribution >= 0.6 is 0 Å². The van der Waals surface area contributed by atoms with Crippen LogP contribution < -0.4 is 0 Å². The molecule has 1 rings (SSSR count). The highest BCUT2D eigenvalue weighted by atomic mass is 16.6. The number of carbonyl (C=O) groups is 2. The van der Waals surface area contributed by atoms with Gasteiger partial charge in [0.1, 0.15) is 6.61 Å². The molecule has 1 amide bonds. The fourth-order valence-electron chi connectivity index (χ4n) is 1.68. The van der Waals surface area contributed by atoms with E-state index >= 15 is 0 Å². The van der Waals surface area contributed by atoms with Crippen LogP contribution in [0.25, 0.3) is 0 Å². The molecule has 0 unspecified atom stereocenters. The van der Waals surface area contributed by atoms with Crippen LogP contribution in [0.2, 0.25) is 0 Å². The van der Waals surface area contributed by atoms with Gasteiger partial charge in [0.2, 0.25) is 0 Å². The van der Waals surface area contributed by atoms with Crippen molar-refractivity contribution in [2.75, 3.05) is 19.7 Å². The van der Waals surface area contributed by atoms with Gasteiger partial charge in [-0.2, -0.15) is 0 Å². The van der Waals surface area contributed by atoms with Crippen LogP contribution in [0.15, 0.2) is 25.3 Å². The van der Waals surface area contributed by atoms with Gasteiger partial charge < -0.3 is 14.7 Å². The Morgan fingerprint density at radius 3 is 2.50 bits per heavy atom. The minimum Gasteiger partial charge on any atom is -0.481 e. The van der Waals surface area contributed by atoms with Crippen molar-refractivity contribution in [1.29, 1.82) is 0 Å². The van der Waals surface area contributed by atoms with E-state index in [4.69, 9.17) is 9.84 Å². The summed E-state index contributed by atoms with van der Waals surface area (Å²) in [5, 5.41) is 8.72. The molecule has 16 heavy (non-hydrogen) atoms. The summed E-state index contributed by atoms with van der Waals surface area (Å²) in [7, 11) is 0. The van der Waals surface area contributed by atoms with Crippen molar-refractivity contribution in [3.05, 3.63) is 25.3 Å². The number of likely N-dealkylation sites (tertiary alicyclic amines) is 1. The molecule has 0 aromatic rings. The highest BCUT2D eigenvalue weighted by molar-refractivity contribution is 5.72. The van der Waals surface area contributed by atoms with E-state index in [2.05, 4.69) is 13.2 Å². The van der Waals surface area contributed by atoms with Gasteiger partial charge in [-0.25, -0.2) is 4.79 Å². The number of amides is 1. The first-order chi connectivity index (χ1) is 7.53. The van der Waals surface area contributed by atoms with Gasteiger partial charge in [0.25, 0.3) is 0 Å². The van der Waals surface area contributed by atoms with E-state index in [9.17, 15) is 9.59 Å². The standard InChI is InChI=1S/C11H15NO4/c1-3-5-16-10(15)12-7-11(4-2,8-12)6-9(13)14/h3-4H,1-2,5-8H2,(H,13,14). The van der Waals surface area contributed by atoms with Crippen LogP contribution in [0, 0.1) is 5.41 Å². The molecule has 0 bridgehead atoms. The van der Waals surface area contributed by atoms with E-state index in [0.29, 0.717) is 13.1 Å². The van der Waals surface area contributed by atoms with Gasteiger partial charge in [-0.05, 0) is 0 Å². The lowest BCUT2D eigenvalue weighted by atomic mass is 9.77. The maximum atomic E-state index is 11.3. The number of carboxylic acids is 1. The Labute approximate surface area is 94.0 Å². The molecule has 0 aromatic carbocycles. The SMILES string of the molecule is C=CCOC(=O)N1CC(C=C)(CC(=O)O)C1. The molecule has 1 aliphatic heterocycles. The second kappa shape index (κ2) is 4.83. The molecule has 0 saturated carbocycles. The average Bonchev–Trinajstić information content (AvgIpc) is 2.18. The van der Waals surface area contributed by atoms with Crippen molar-refractivity contribution in [3.8, 4) is 0 Å². The number of carbonyl (C=O) groups excluding carboxylic acids is 1. The zero-order chi connectivity index (χ0) is 12.2. The second-order valence-electron chi connectivity index (χ2n) is 3.86. The van der Waals surface area contributed by atoms with Crippen molar-refractivity contribution in [2.24, 2.45) is 5.41 Å². The van der Waals surface area contributed by atoms with Crippen LogP contribution in [-0.4, -0.2) is 41.8 Å². The Bertz CT molecular complexity index is 318. The summed E-state index contributed by atoms with van der Waals surface area (Å²) >= 11 is 0. The smallest absolute Gasteiger partial charge is 0.410 e. The monoisotopic (exact) mass is 225 g/mol. The number of nitrogens with zero attached hydrogens (tertiary/aromatic N) is 1. The van der Waals surface area contributed by atoms with Gasteiger partial charge in [0, 0.05) is 18.5 Å². The number of aliphatic carboxylic acids is 1. The summed E-state index contributed by atoms with van der Waals surface area (Å²) in [4.78, 5) is 23.4. The third-order valence-corrected chi connectivity index (χ3v) is 2.53. The van der Waals surface area contributed by atoms with Crippen LogP contribution in [0.4, 0.5) is 4.79 Å². The summed E-state index contributed by atoms with van der Waals surface area (Å²) in [5.41, 5.74) is -0.501. The minimum atomic E-state index is -0.890. The highest BCUT2D eigenvalue weighted by Gasteiger charge is 2.45. The molecular weight excluding hydrogens is 210 g/mol.